The molecule has 2 heterocycles. The molecule has 0 aliphatic carbocycles. The van der Waals surface area contributed by atoms with E-state index in [2.05, 4.69) is 10.1 Å². The van der Waals surface area contributed by atoms with Gasteiger partial charge in [-0.25, -0.2) is 0 Å². The Morgan fingerprint density at radius 2 is 1.80 bits per heavy atom. The minimum Gasteiger partial charge on any atom is -0.266 e. The van der Waals surface area contributed by atoms with Gasteiger partial charge in [0.25, 0.3) is 5.56 Å². The summed E-state index contributed by atoms with van der Waals surface area (Å²) in [6.07, 6.45) is 5.65. The Labute approximate surface area is 148 Å². The van der Waals surface area contributed by atoms with Crippen molar-refractivity contribution in [2.24, 2.45) is 0 Å². The number of fused-ring (bicyclic) bond motifs is 1. The highest BCUT2D eigenvalue weighted by atomic mass is 32.1. The largest absolute Gasteiger partial charge is 0.291 e. The smallest absolute Gasteiger partial charge is 0.266 e. The van der Waals surface area contributed by atoms with E-state index < -0.39 is 0 Å². The summed E-state index contributed by atoms with van der Waals surface area (Å²) in [4.78, 5) is 17.6. The van der Waals surface area contributed by atoms with Gasteiger partial charge in [0.2, 0.25) is 4.96 Å². The molecule has 4 rings (SSSR count). The molecule has 2 aromatic carbocycles. The van der Waals surface area contributed by atoms with E-state index >= 15 is 0 Å². The number of aryl methyl sites for hydroxylation is 1. The lowest BCUT2D eigenvalue weighted by molar-refractivity contribution is 0.937. The van der Waals surface area contributed by atoms with Crippen LogP contribution in [-0.4, -0.2) is 14.6 Å². The second kappa shape index (κ2) is 6.45. The molecule has 0 aliphatic rings. The van der Waals surface area contributed by atoms with Crippen molar-refractivity contribution in [2.75, 3.05) is 0 Å². The lowest BCUT2D eigenvalue weighted by Crippen LogP contribution is -2.23. The third-order valence-corrected chi connectivity index (χ3v) is 4.80. The molecule has 0 aliphatic heterocycles. The van der Waals surface area contributed by atoms with Crippen LogP contribution in [0, 0.1) is 6.92 Å². The lowest BCUT2D eigenvalue weighted by Gasteiger charge is -1.94. The zero-order chi connectivity index (χ0) is 17.2. The van der Waals surface area contributed by atoms with Crippen molar-refractivity contribution in [2.45, 2.75) is 6.92 Å². The van der Waals surface area contributed by atoms with Crippen LogP contribution in [0.25, 0.3) is 28.5 Å². The standard InChI is InChI=1S/C20H15N3OS/c1-14-10-12-16(13-11-14)18-21-20-23(22-18)19(24)17(25-20)9-5-8-15-6-3-2-4-7-15/h2-13H,1H3/b8-5+,17-9+. The Balaban J connectivity index is 1.68. The topological polar surface area (TPSA) is 47.3 Å². The first-order chi connectivity index (χ1) is 12.2. The van der Waals surface area contributed by atoms with Gasteiger partial charge in [0.1, 0.15) is 0 Å². The van der Waals surface area contributed by atoms with Crippen LogP contribution >= 0.6 is 11.3 Å². The highest BCUT2D eigenvalue weighted by Gasteiger charge is 2.11. The highest BCUT2D eigenvalue weighted by molar-refractivity contribution is 7.15. The average Bonchev–Trinajstić information content (AvgIpc) is 3.17. The predicted molar refractivity (Wildman–Crippen MR) is 102 cm³/mol. The number of hydrogen-bond donors (Lipinski definition) is 0. The summed E-state index contributed by atoms with van der Waals surface area (Å²) < 4.78 is 2.00. The SMILES string of the molecule is Cc1ccc(-c2nc3s/c(=C/C=C/c4ccccc4)c(=O)n3n2)cc1. The van der Waals surface area contributed by atoms with E-state index in [4.69, 9.17) is 0 Å². The first-order valence-electron chi connectivity index (χ1n) is 7.91. The molecule has 0 saturated heterocycles. The molecular formula is C20H15N3OS. The van der Waals surface area contributed by atoms with Crippen molar-refractivity contribution in [3.8, 4) is 11.4 Å². The molecule has 2 aromatic heterocycles. The summed E-state index contributed by atoms with van der Waals surface area (Å²) in [7, 11) is 0. The number of thiazole rings is 1. The predicted octanol–water partition coefficient (Wildman–Crippen LogP) is 3.34. The van der Waals surface area contributed by atoms with Gasteiger partial charge in [0.05, 0.1) is 4.53 Å². The van der Waals surface area contributed by atoms with Crippen LogP contribution in [0.2, 0.25) is 0 Å². The van der Waals surface area contributed by atoms with Gasteiger partial charge in [-0.15, -0.1) is 5.10 Å². The summed E-state index contributed by atoms with van der Waals surface area (Å²) in [5.74, 6) is 0.578. The van der Waals surface area contributed by atoms with Gasteiger partial charge in [0, 0.05) is 5.56 Å². The third kappa shape index (κ3) is 3.14. The molecule has 4 nitrogen and oxygen atoms in total. The second-order valence-corrected chi connectivity index (χ2v) is 6.71. The molecule has 0 atom stereocenters. The normalized spacial score (nSPS) is 12.4. The molecule has 25 heavy (non-hydrogen) atoms. The number of hydrogen-bond acceptors (Lipinski definition) is 4. The summed E-state index contributed by atoms with van der Waals surface area (Å²) in [6, 6.07) is 17.9. The van der Waals surface area contributed by atoms with Crippen LogP contribution in [0.15, 0.2) is 65.5 Å². The van der Waals surface area contributed by atoms with E-state index in [9.17, 15) is 4.79 Å². The molecule has 0 saturated carbocycles. The molecule has 122 valence electrons. The molecule has 5 heteroatoms. The maximum atomic E-state index is 12.5. The molecule has 0 amide bonds. The number of nitrogens with zero attached hydrogens (tertiary/aromatic N) is 3. The van der Waals surface area contributed by atoms with Gasteiger partial charge in [-0.2, -0.15) is 9.50 Å². The van der Waals surface area contributed by atoms with Gasteiger partial charge in [-0.1, -0.05) is 83.6 Å². The van der Waals surface area contributed by atoms with Crippen molar-refractivity contribution in [1.29, 1.82) is 0 Å². The zero-order valence-corrected chi connectivity index (χ0v) is 14.4. The van der Waals surface area contributed by atoms with Crippen molar-refractivity contribution in [3.05, 3.63) is 86.7 Å². The first-order valence-corrected chi connectivity index (χ1v) is 8.72. The number of benzene rings is 2. The number of rotatable bonds is 3. The van der Waals surface area contributed by atoms with E-state index in [1.54, 1.807) is 0 Å². The number of aromatic nitrogens is 3. The zero-order valence-electron chi connectivity index (χ0n) is 13.6. The maximum Gasteiger partial charge on any atom is 0.291 e. The third-order valence-electron chi connectivity index (χ3n) is 3.83. The minimum absolute atomic E-state index is 0.136. The molecule has 4 aromatic rings. The van der Waals surface area contributed by atoms with Gasteiger partial charge in [-0.05, 0) is 18.6 Å². The lowest BCUT2D eigenvalue weighted by atomic mass is 10.1. The first kappa shape index (κ1) is 15.5. The van der Waals surface area contributed by atoms with Gasteiger partial charge in [0.15, 0.2) is 5.82 Å². The Morgan fingerprint density at radius 1 is 1.04 bits per heavy atom. The fraction of sp³-hybridized carbons (Fsp3) is 0.0500. The summed E-state index contributed by atoms with van der Waals surface area (Å²) in [6.45, 7) is 2.03. The van der Waals surface area contributed by atoms with Crippen LogP contribution in [0.4, 0.5) is 0 Å². The summed E-state index contributed by atoms with van der Waals surface area (Å²) >= 11 is 1.35. The Kier molecular flexibility index (Phi) is 3.99. The molecule has 0 fully saturated rings. The van der Waals surface area contributed by atoms with Crippen LogP contribution in [0.3, 0.4) is 0 Å². The van der Waals surface area contributed by atoms with Crippen LogP contribution in [0.1, 0.15) is 11.1 Å². The van der Waals surface area contributed by atoms with Gasteiger partial charge in [-0.3, -0.25) is 4.79 Å². The van der Waals surface area contributed by atoms with E-state index in [0.29, 0.717) is 15.3 Å². The minimum atomic E-state index is -0.136. The van der Waals surface area contributed by atoms with E-state index in [0.717, 1.165) is 11.1 Å². The van der Waals surface area contributed by atoms with E-state index in [-0.39, 0.29) is 5.56 Å². The van der Waals surface area contributed by atoms with Crippen LogP contribution < -0.4 is 10.1 Å². The van der Waals surface area contributed by atoms with E-state index in [1.165, 1.54) is 21.4 Å². The van der Waals surface area contributed by atoms with Crippen molar-refractivity contribution < 1.29 is 0 Å². The molecular weight excluding hydrogens is 330 g/mol. The van der Waals surface area contributed by atoms with E-state index in [1.807, 2.05) is 79.7 Å². The van der Waals surface area contributed by atoms with Crippen molar-refractivity contribution in [1.82, 2.24) is 14.6 Å². The fourth-order valence-electron chi connectivity index (χ4n) is 2.48. The maximum absolute atomic E-state index is 12.5. The molecule has 0 unspecified atom stereocenters. The molecule has 0 bridgehead atoms. The summed E-state index contributed by atoms with van der Waals surface area (Å²) in [5, 5.41) is 4.36. The van der Waals surface area contributed by atoms with Gasteiger partial charge < -0.3 is 0 Å². The fourth-order valence-corrected chi connectivity index (χ4v) is 3.34. The van der Waals surface area contributed by atoms with Crippen LogP contribution in [0.5, 0.6) is 0 Å². The quantitative estimate of drug-likeness (QED) is 0.572. The monoisotopic (exact) mass is 345 g/mol. The number of allylic oxidation sites excluding steroid dienone is 1. The Hall–Kier alpha value is -3.05. The molecule has 0 spiro atoms. The second-order valence-electron chi connectivity index (χ2n) is 5.70. The average molecular weight is 345 g/mol. The summed E-state index contributed by atoms with van der Waals surface area (Å²) in [5.41, 5.74) is 3.04. The van der Waals surface area contributed by atoms with Crippen molar-refractivity contribution in [3.63, 3.8) is 0 Å². The van der Waals surface area contributed by atoms with Crippen molar-refractivity contribution >= 4 is 28.4 Å². The highest BCUT2D eigenvalue weighted by Crippen LogP contribution is 2.16. The molecule has 0 radical (unpaired) electrons. The Bertz CT molecular complexity index is 1160. The Morgan fingerprint density at radius 3 is 2.52 bits per heavy atom. The van der Waals surface area contributed by atoms with Crippen LogP contribution in [-0.2, 0) is 0 Å². The van der Waals surface area contributed by atoms with Gasteiger partial charge >= 0.3 is 0 Å². The molecule has 0 N–H and O–H groups in total.